The molecule has 1 amide bonds. The summed E-state index contributed by atoms with van der Waals surface area (Å²) >= 11 is 1.61. The molecular formula is C18H23N5OS. The predicted octanol–water partition coefficient (Wildman–Crippen LogP) is 2.34. The number of carbonyl (C=O) groups is 1. The van der Waals surface area contributed by atoms with E-state index in [4.69, 9.17) is 0 Å². The van der Waals surface area contributed by atoms with Crippen molar-refractivity contribution in [3.05, 3.63) is 33.5 Å². The maximum absolute atomic E-state index is 12.9. The summed E-state index contributed by atoms with van der Waals surface area (Å²) in [5, 5.41) is 14.2. The summed E-state index contributed by atoms with van der Waals surface area (Å²) in [5.74, 6) is 3.47. The normalized spacial score (nSPS) is 21.4. The standard InChI is InChI=1S/C18H23N5OS/c24-18(16-14(5-10-25-16)12-1-2-12)22-7-3-13(4-8-22)17-21-20-15-11-19-6-9-23(15)17/h5,10,12-13,19H,1-4,6-9,11H2. The fraction of sp³-hybridized carbons (Fsp3) is 0.611. The Labute approximate surface area is 151 Å². The lowest BCUT2D eigenvalue weighted by Gasteiger charge is -2.32. The van der Waals surface area contributed by atoms with Gasteiger partial charge in [-0.05, 0) is 48.6 Å². The van der Waals surface area contributed by atoms with Crippen LogP contribution in [0.25, 0.3) is 0 Å². The van der Waals surface area contributed by atoms with Crippen molar-refractivity contribution in [1.29, 1.82) is 0 Å². The molecule has 1 aliphatic carbocycles. The van der Waals surface area contributed by atoms with E-state index < -0.39 is 0 Å². The first-order chi connectivity index (χ1) is 12.3. The Bertz CT molecular complexity index is 785. The van der Waals surface area contributed by atoms with E-state index in [2.05, 4.69) is 31.5 Å². The van der Waals surface area contributed by atoms with Gasteiger partial charge in [-0.25, -0.2) is 0 Å². The number of carbonyl (C=O) groups excluding carboxylic acids is 1. The van der Waals surface area contributed by atoms with Crippen molar-refractivity contribution in [2.45, 2.75) is 50.6 Å². The maximum atomic E-state index is 12.9. The summed E-state index contributed by atoms with van der Waals surface area (Å²) in [4.78, 5) is 16.0. The molecule has 0 spiro atoms. The van der Waals surface area contributed by atoms with Gasteiger partial charge in [0, 0.05) is 32.1 Å². The molecule has 2 aromatic rings. The van der Waals surface area contributed by atoms with Crippen LogP contribution in [0.5, 0.6) is 0 Å². The second-order valence-electron chi connectivity index (χ2n) is 7.35. The summed E-state index contributed by atoms with van der Waals surface area (Å²) in [6, 6.07) is 2.15. The van der Waals surface area contributed by atoms with Crippen molar-refractivity contribution in [3.63, 3.8) is 0 Å². The van der Waals surface area contributed by atoms with Crippen molar-refractivity contribution < 1.29 is 4.79 Å². The number of likely N-dealkylation sites (tertiary alicyclic amines) is 1. The third kappa shape index (κ3) is 2.79. The van der Waals surface area contributed by atoms with Crippen LogP contribution in [0.2, 0.25) is 0 Å². The zero-order valence-electron chi connectivity index (χ0n) is 14.3. The van der Waals surface area contributed by atoms with Crippen molar-refractivity contribution in [2.24, 2.45) is 0 Å². The molecule has 0 unspecified atom stereocenters. The van der Waals surface area contributed by atoms with Gasteiger partial charge in [-0.2, -0.15) is 0 Å². The highest BCUT2D eigenvalue weighted by Crippen LogP contribution is 2.43. The van der Waals surface area contributed by atoms with E-state index in [9.17, 15) is 4.79 Å². The van der Waals surface area contributed by atoms with E-state index in [1.54, 1.807) is 11.3 Å². The van der Waals surface area contributed by atoms with Gasteiger partial charge in [-0.1, -0.05) is 0 Å². The summed E-state index contributed by atoms with van der Waals surface area (Å²) < 4.78 is 2.28. The SMILES string of the molecule is O=C(c1sccc1C1CC1)N1CCC(c2nnc3n2CCNC3)CC1. The largest absolute Gasteiger partial charge is 0.338 e. The molecule has 1 saturated carbocycles. The molecule has 0 radical (unpaired) electrons. The zero-order chi connectivity index (χ0) is 16.8. The molecule has 25 heavy (non-hydrogen) atoms. The maximum Gasteiger partial charge on any atom is 0.264 e. The minimum Gasteiger partial charge on any atom is -0.338 e. The van der Waals surface area contributed by atoms with E-state index in [1.165, 1.54) is 18.4 Å². The lowest BCUT2D eigenvalue weighted by molar-refractivity contribution is 0.0714. The van der Waals surface area contributed by atoms with Gasteiger partial charge >= 0.3 is 0 Å². The molecule has 7 heteroatoms. The van der Waals surface area contributed by atoms with Gasteiger partial charge in [0.2, 0.25) is 0 Å². The molecule has 2 aliphatic heterocycles. The summed E-state index contributed by atoms with van der Waals surface area (Å²) in [5.41, 5.74) is 1.29. The molecule has 2 aromatic heterocycles. The van der Waals surface area contributed by atoms with Gasteiger partial charge in [0.25, 0.3) is 5.91 Å². The Balaban J connectivity index is 1.27. The topological polar surface area (TPSA) is 63.1 Å². The van der Waals surface area contributed by atoms with Gasteiger partial charge in [0.1, 0.15) is 11.6 Å². The number of hydrogen-bond donors (Lipinski definition) is 1. The first kappa shape index (κ1) is 15.5. The smallest absolute Gasteiger partial charge is 0.264 e. The highest BCUT2D eigenvalue weighted by Gasteiger charge is 2.33. The van der Waals surface area contributed by atoms with Crippen LogP contribution in [0, 0.1) is 0 Å². The molecule has 2 fully saturated rings. The third-order valence-corrected chi connectivity index (χ3v) is 6.62. The third-order valence-electron chi connectivity index (χ3n) is 5.71. The lowest BCUT2D eigenvalue weighted by Crippen LogP contribution is -2.38. The van der Waals surface area contributed by atoms with Crippen LogP contribution in [0.1, 0.15) is 64.4 Å². The second kappa shape index (κ2) is 6.21. The van der Waals surface area contributed by atoms with Crippen LogP contribution in [0.4, 0.5) is 0 Å². The number of fused-ring (bicyclic) bond motifs is 1. The number of nitrogens with one attached hydrogen (secondary N) is 1. The monoisotopic (exact) mass is 357 g/mol. The first-order valence-electron chi connectivity index (χ1n) is 9.30. The number of hydrogen-bond acceptors (Lipinski definition) is 5. The molecule has 1 N–H and O–H groups in total. The minimum absolute atomic E-state index is 0.239. The minimum atomic E-state index is 0.239. The number of piperidine rings is 1. The van der Waals surface area contributed by atoms with E-state index in [1.807, 2.05) is 4.90 Å². The first-order valence-corrected chi connectivity index (χ1v) is 10.2. The van der Waals surface area contributed by atoms with Crippen LogP contribution in [-0.2, 0) is 13.1 Å². The van der Waals surface area contributed by atoms with Crippen LogP contribution in [-0.4, -0.2) is 45.2 Å². The van der Waals surface area contributed by atoms with Gasteiger partial charge in [-0.3, -0.25) is 4.79 Å². The number of nitrogens with zero attached hydrogens (tertiary/aromatic N) is 4. The highest BCUT2D eigenvalue weighted by atomic mass is 32.1. The Morgan fingerprint density at radius 1 is 1.12 bits per heavy atom. The van der Waals surface area contributed by atoms with E-state index in [0.29, 0.717) is 11.8 Å². The van der Waals surface area contributed by atoms with Crippen LogP contribution in [0.15, 0.2) is 11.4 Å². The van der Waals surface area contributed by atoms with Crippen LogP contribution >= 0.6 is 11.3 Å². The molecule has 3 aliphatic rings. The molecule has 5 rings (SSSR count). The molecule has 0 atom stereocenters. The average Bonchev–Trinajstić information content (AvgIpc) is 3.23. The Hall–Kier alpha value is -1.73. The quantitative estimate of drug-likeness (QED) is 0.916. The van der Waals surface area contributed by atoms with Crippen molar-refractivity contribution in [3.8, 4) is 0 Å². The molecule has 1 saturated heterocycles. The van der Waals surface area contributed by atoms with E-state index in [0.717, 1.165) is 62.1 Å². The Morgan fingerprint density at radius 2 is 1.96 bits per heavy atom. The lowest BCUT2D eigenvalue weighted by atomic mass is 9.95. The summed E-state index contributed by atoms with van der Waals surface area (Å²) in [7, 11) is 0. The van der Waals surface area contributed by atoms with Gasteiger partial charge < -0.3 is 14.8 Å². The Kier molecular flexibility index (Phi) is 3.86. The number of rotatable bonds is 3. The van der Waals surface area contributed by atoms with Crippen LogP contribution < -0.4 is 5.32 Å². The fourth-order valence-corrected chi connectivity index (χ4v) is 5.06. The van der Waals surface area contributed by atoms with Gasteiger partial charge in [0.15, 0.2) is 0 Å². The molecule has 6 nitrogen and oxygen atoms in total. The number of thiophene rings is 1. The Morgan fingerprint density at radius 3 is 2.76 bits per heavy atom. The second-order valence-corrected chi connectivity index (χ2v) is 8.26. The van der Waals surface area contributed by atoms with Crippen LogP contribution in [0.3, 0.4) is 0 Å². The fourth-order valence-electron chi connectivity index (χ4n) is 4.11. The molecule has 0 aromatic carbocycles. The van der Waals surface area contributed by atoms with E-state index >= 15 is 0 Å². The summed E-state index contributed by atoms with van der Waals surface area (Å²) in [6.07, 6.45) is 4.46. The molecule has 132 valence electrons. The zero-order valence-corrected chi connectivity index (χ0v) is 15.1. The molecular weight excluding hydrogens is 334 g/mol. The molecule has 0 bridgehead atoms. The number of amides is 1. The van der Waals surface area contributed by atoms with Crippen molar-refractivity contribution in [1.82, 2.24) is 25.0 Å². The molecule has 4 heterocycles. The van der Waals surface area contributed by atoms with E-state index in [-0.39, 0.29) is 5.91 Å². The predicted molar refractivity (Wildman–Crippen MR) is 95.9 cm³/mol. The van der Waals surface area contributed by atoms with Gasteiger partial charge in [0.05, 0.1) is 11.4 Å². The average molecular weight is 357 g/mol. The number of aromatic nitrogens is 3. The van der Waals surface area contributed by atoms with Crippen molar-refractivity contribution >= 4 is 17.2 Å². The highest BCUT2D eigenvalue weighted by molar-refractivity contribution is 7.12. The van der Waals surface area contributed by atoms with Gasteiger partial charge in [-0.15, -0.1) is 21.5 Å². The summed E-state index contributed by atoms with van der Waals surface area (Å²) in [6.45, 7) is 4.40. The van der Waals surface area contributed by atoms with Crippen molar-refractivity contribution in [2.75, 3.05) is 19.6 Å².